The summed E-state index contributed by atoms with van der Waals surface area (Å²) in [7, 11) is 0. The number of amides is 1. The van der Waals surface area contributed by atoms with Crippen LogP contribution < -0.4 is 16.4 Å². The Hall–Kier alpha value is -2.08. The molecule has 0 fully saturated rings. The summed E-state index contributed by atoms with van der Waals surface area (Å²) in [5.41, 5.74) is -0.591. The minimum absolute atomic E-state index is 0.154. The maximum atomic E-state index is 11.8. The summed E-state index contributed by atoms with van der Waals surface area (Å²) in [6.45, 7) is 1.67. The number of carbonyl (C=O) groups excluding carboxylic acids is 1. The first-order valence-corrected chi connectivity index (χ1v) is 6.18. The number of fused-ring (bicyclic) bond motifs is 1. The van der Waals surface area contributed by atoms with Crippen molar-refractivity contribution in [3.8, 4) is 0 Å². The number of hydrogen-bond acceptors (Lipinski definition) is 3. The topological polar surface area (TPSA) is 94.8 Å². The van der Waals surface area contributed by atoms with Gasteiger partial charge in [0.15, 0.2) is 0 Å². The second kappa shape index (κ2) is 5.27. The molecule has 0 aliphatic rings. The average Bonchev–Trinajstić information content (AvgIpc) is 2.42. The Bertz CT molecular complexity index is 735. The number of rotatable bonds is 3. The molecule has 2 aromatic rings. The van der Waals surface area contributed by atoms with Crippen LogP contribution in [0.25, 0.3) is 10.8 Å². The number of aromatic nitrogens is 2. The van der Waals surface area contributed by atoms with Gasteiger partial charge in [-0.15, -0.1) is 11.6 Å². The molecule has 1 atom stereocenters. The molecule has 0 aliphatic carbocycles. The highest BCUT2D eigenvalue weighted by Crippen LogP contribution is 2.17. The maximum Gasteiger partial charge on any atom is 0.272 e. The van der Waals surface area contributed by atoms with E-state index in [1.807, 2.05) is 0 Å². The fourth-order valence-corrected chi connectivity index (χ4v) is 1.80. The monoisotopic (exact) mass is 281 g/mol. The van der Waals surface area contributed by atoms with Crippen molar-refractivity contribution in [2.45, 2.75) is 6.92 Å². The molecule has 1 heterocycles. The molecule has 2 rings (SSSR count). The third-order valence-corrected chi connectivity index (χ3v) is 3.23. The zero-order valence-corrected chi connectivity index (χ0v) is 10.9. The summed E-state index contributed by atoms with van der Waals surface area (Å²) in [6, 6.07) is 4.68. The minimum Gasteiger partial charge on any atom is -0.325 e. The zero-order chi connectivity index (χ0) is 14.0. The molecule has 0 spiro atoms. The number of anilines is 1. The number of benzene rings is 1. The van der Waals surface area contributed by atoms with E-state index in [2.05, 4.69) is 15.5 Å². The van der Waals surface area contributed by atoms with E-state index in [1.54, 1.807) is 19.1 Å². The highest BCUT2D eigenvalue weighted by Gasteiger charge is 2.14. The molecular formula is C12H12ClN3O3. The van der Waals surface area contributed by atoms with Crippen molar-refractivity contribution in [3.05, 3.63) is 38.9 Å². The van der Waals surface area contributed by atoms with Crippen molar-refractivity contribution in [3.63, 3.8) is 0 Å². The quantitative estimate of drug-likeness (QED) is 0.733. The van der Waals surface area contributed by atoms with Crippen molar-refractivity contribution in [1.82, 2.24) is 10.2 Å². The lowest BCUT2D eigenvalue weighted by atomic mass is 10.1. The zero-order valence-electron chi connectivity index (χ0n) is 10.1. The highest BCUT2D eigenvalue weighted by molar-refractivity contribution is 6.19. The van der Waals surface area contributed by atoms with Crippen LogP contribution in [0.1, 0.15) is 6.92 Å². The fourth-order valence-electron chi connectivity index (χ4n) is 1.66. The van der Waals surface area contributed by atoms with Crippen molar-refractivity contribution in [2.24, 2.45) is 5.92 Å². The Morgan fingerprint density at radius 1 is 1.32 bits per heavy atom. The van der Waals surface area contributed by atoms with Crippen molar-refractivity contribution in [2.75, 3.05) is 11.2 Å². The van der Waals surface area contributed by atoms with Gasteiger partial charge in [-0.1, -0.05) is 13.0 Å². The molecule has 7 heteroatoms. The second-order valence-corrected chi connectivity index (χ2v) is 4.49. The van der Waals surface area contributed by atoms with Gasteiger partial charge in [0.2, 0.25) is 5.91 Å². The lowest BCUT2D eigenvalue weighted by Gasteiger charge is -2.10. The van der Waals surface area contributed by atoms with E-state index in [4.69, 9.17) is 11.6 Å². The second-order valence-electron chi connectivity index (χ2n) is 4.18. The van der Waals surface area contributed by atoms with Crippen LogP contribution in [0.15, 0.2) is 27.8 Å². The first-order chi connectivity index (χ1) is 9.04. The van der Waals surface area contributed by atoms with Gasteiger partial charge < -0.3 is 5.32 Å². The largest absolute Gasteiger partial charge is 0.325 e. The van der Waals surface area contributed by atoms with Gasteiger partial charge in [-0.25, -0.2) is 0 Å². The van der Waals surface area contributed by atoms with Gasteiger partial charge in [-0.2, -0.15) is 0 Å². The third-order valence-electron chi connectivity index (χ3n) is 2.76. The van der Waals surface area contributed by atoms with Gasteiger partial charge in [-0.3, -0.25) is 24.6 Å². The molecule has 100 valence electrons. The van der Waals surface area contributed by atoms with E-state index < -0.39 is 17.0 Å². The molecular weight excluding hydrogens is 270 g/mol. The summed E-state index contributed by atoms with van der Waals surface area (Å²) < 4.78 is 0. The molecule has 19 heavy (non-hydrogen) atoms. The molecule has 3 N–H and O–H groups in total. The van der Waals surface area contributed by atoms with Crippen LogP contribution in [-0.4, -0.2) is 22.0 Å². The van der Waals surface area contributed by atoms with E-state index in [9.17, 15) is 14.4 Å². The van der Waals surface area contributed by atoms with Crippen LogP contribution in [0.3, 0.4) is 0 Å². The van der Waals surface area contributed by atoms with Crippen molar-refractivity contribution < 1.29 is 4.79 Å². The molecule has 0 bridgehead atoms. The Labute approximate surface area is 112 Å². The van der Waals surface area contributed by atoms with Crippen LogP contribution in [0.4, 0.5) is 5.69 Å². The van der Waals surface area contributed by atoms with Crippen LogP contribution in [0, 0.1) is 5.92 Å². The lowest BCUT2D eigenvalue weighted by Crippen LogP contribution is -2.24. The van der Waals surface area contributed by atoms with Crippen LogP contribution in [-0.2, 0) is 4.79 Å². The molecule has 1 aromatic heterocycles. The number of H-pyrrole nitrogens is 2. The molecule has 0 radical (unpaired) electrons. The van der Waals surface area contributed by atoms with Gasteiger partial charge in [0, 0.05) is 11.8 Å². The number of hydrogen-bond donors (Lipinski definition) is 3. The Kier molecular flexibility index (Phi) is 3.71. The van der Waals surface area contributed by atoms with Crippen LogP contribution in [0.2, 0.25) is 0 Å². The first kappa shape index (κ1) is 13.4. The van der Waals surface area contributed by atoms with Gasteiger partial charge in [-0.05, 0) is 12.1 Å². The number of halogens is 1. The maximum absolute atomic E-state index is 11.8. The average molecular weight is 282 g/mol. The molecule has 0 saturated heterocycles. The Morgan fingerprint density at radius 3 is 2.68 bits per heavy atom. The lowest BCUT2D eigenvalue weighted by molar-refractivity contribution is -0.118. The number of carbonyl (C=O) groups is 1. The summed E-state index contributed by atoms with van der Waals surface area (Å²) in [5.74, 6) is -0.520. The minimum atomic E-state index is -0.468. The molecule has 1 amide bonds. The smallest absolute Gasteiger partial charge is 0.272 e. The fraction of sp³-hybridized carbons (Fsp3) is 0.250. The SMILES string of the molecule is CC(CCl)C(=O)Nc1cccc2c(=O)[nH][nH]c(=O)c12. The third kappa shape index (κ3) is 2.53. The number of aromatic amines is 2. The van der Waals surface area contributed by atoms with E-state index in [1.165, 1.54) is 6.07 Å². The van der Waals surface area contributed by atoms with E-state index in [0.29, 0.717) is 5.69 Å². The summed E-state index contributed by atoms with van der Waals surface area (Å²) in [4.78, 5) is 35.2. The van der Waals surface area contributed by atoms with Crippen LogP contribution in [0.5, 0.6) is 0 Å². The summed E-state index contributed by atoms with van der Waals surface area (Å²) in [5, 5.41) is 7.44. The van der Waals surface area contributed by atoms with Crippen LogP contribution >= 0.6 is 11.6 Å². The van der Waals surface area contributed by atoms with Gasteiger partial charge in [0.25, 0.3) is 11.1 Å². The van der Waals surface area contributed by atoms with E-state index in [0.717, 1.165) is 0 Å². The van der Waals surface area contributed by atoms with Gasteiger partial charge >= 0.3 is 0 Å². The predicted molar refractivity (Wildman–Crippen MR) is 73.7 cm³/mol. The predicted octanol–water partition coefficient (Wildman–Crippen LogP) is 1.03. The van der Waals surface area contributed by atoms with Gasteiger partial charge in [0.05, 0.1) is 16.5 Å². The van der Waals surface area contributed by atoms with E-state index in [-0.39, 0.29) is 22.6 Å². The molecule has 6 nitrogen and oxygen atoms in total. The Morgan fingerprint density at radius 2 is 2.00 bits per heavy atom. The molecule has 0 aliphatic heterocycles. The normalized spacial score (nSPS) is 12.3. The number of alkyl halides is 1. The highest BCUT2D eigenvalue weighted by atomic mass is 35.5. The van der Waals surface area contributed by atoms with Crippen molar-refractivity contribution >= 4 is 34.0 Å². The first-order valence-electron chi connectivity index (χ1n) is 5.65. The summed E-state index contributed by atoms with van der Waals surface area (Å²) >= 11 is 5.60. The number of nitrogens with one attached hydrogen (secondary N) is 3. The van der Waals surface area contributed by atoms with Crippen molar-refractivity contribution in [1.29, 1.82) is 0 Å². The standard InChI is InChI=1S/C12H12ClN3O3/c1-6(5-13)10(17)14-8-4-2-3-7-9(8)12(19)16-15-11(7)18/h2-4,6H,5H2,1H3,(H,14,17)(H,15,18)(H,16,19). The molecule has 0 saturated carbocycles. The molecule has 1 aromatic carbocycles. The van der Waals surface area contributed by atoms with E-state index >= 15 is 0 Å². The van der Waals surface area contributed by atoms with Gasteiger partial charge in [0.1, 0.15) is 0 Å². The Balaban J connectivity index is 2.56. The molecule has 1 unspecified atom stereocenters. The summed E-state index contributed by atoms with van der Waals surface area (Å²) in [6.07, 6.45) is 0.